The van der Waals surface area contributed by atoms with Crippen molar-refractivity contribution in [2.75, 3.05) is 7.05 Å². The second-order valence-electron chi connectivity index (χ2n) is 4.65. The fraction of sp³-hybridized carbons (Fsp3) is 0.286. The molecule has 0 saturated heterocycles. The topological polar surface area (TPSA) is 84.0 Å². The van der Waals surface area contributed by atoms with E-state index in [1.165, 1.54) is 0 Å². The Morgan fingerprint density at radius 2 is 1.90 bits per heavy atom. The predicted molar refractivity (Wildman–Crippen MR) is 80.7 cm³/mol. The van der Waals surface area contributed by atoms with Crippen LogP contribution in [0.15, 0.2) is 42.6 Å². The molecule has 0 amide bonds. The number of benzene rings is 1. The van der Waals surface area contributed by atoms with Crippen LogP contribution >= 0.6 is 0 Å². The van der Waals surface area contributed by atoms with Crippen molar-refractivity contribution in [1.82, 2.24) is 20.2 Å². The van der Waals surface area contributed by atoms with Gasteiger partial charge in [0.25, 0.3) is 0 Å². The van der Waals surface area contributed by atoms with Gasteiger partial charge in [0.05, 0.1) is 18.0 Å². The highest BCUT2D eigenvalue weighted by Gasteiger charge is 2.12. The van der Waals surface area contributed by atoms with Crippen LogP contribution in [-0.4, -0.2) is 25.7 Å². The van der Waals surface area contributed by atoms with E-state index >= 15 is 0 Å². The number of hydrogen-bond acceptors (Lipinski definition) is 5. The van der Waals surface area contributed by atoms with Crippen LogP contribution in [0.3, 0.4) is 0 Å². The maximum atomic E-state index is 12.1. The van der Waals surface area contributed by atoms with E-state index in [1.54, 1.807) is 24.4 Å². The Morgan fingerprint density at radius 3 is 2.62 bits per heavy atom. The van der Waals surface area contributed by atoms with E-state index in [1.807, 2.05) is 25.2 Å². The highest BCUT2D eigenvalue weighted by molar-refractivity contribution is 7.88. The van der Waals surface area contributed by atoms with Gasteiger partial charge in [0.15, 0.2) is 0 Å². The molecule has 0 bridgehead atoms. The summed E-state index contributed by atoms with van der Waals surface area (Å²) in [4.78, 5) is 0. The summed E-state index contributed by atoms with van der Waals surface area (Å²) in [6, 6.07) is 11.0. The molecular weight excluding hydrogens is 288 g/mol. The molecule has 0 aliphatic rings. The van der Waals surface area contributed by atoms with Crippen molar-refractivity contribution in [3.8, 4) is 0 Å². The van der Waals surface area contributed by atoms with Crippen LogP contribution in [0.5, 0.6) is 0 Å². The number of sulfonamides is 1. The third-order valence-electron chi connectivity index (χ3n) is 2.83. The SMILES string of the molecule is CNCc1cccc(CS(=O)(=O)NCc2cccnn2)c1. The molecule has 2 N–H and O–H groups in total. The van der Waals surface area contributed by atoms with Gasteiger partial charge in [0.2, 0.25) is 10.0 Å². The number of rotatable bonds is 7. The first-order chi connectivity index (χ1) is 10.1. The van der Waals surface area contributed by atoms with Gasteiger partial charge in [-0.25, -0.2) is 13.1 Å². The average molecular weight is 306 g/mol. The molecule has 0 radical (unpaired) electrons. The lowest BCUT2D eigenvalue weighted by molar-refractivity contribution is 0.579. The minimum Gasteiger partial charge on any atom is -0.316 e. The molecule has 6 nitrogen and oxygen atoms in total. The summed E-state index contributed by atoms with van der Waals surface area (Å²) in [5.41, 5.74) is 2.40. The van der Waals surface area contributed by atoms with E-state index in [0.717, 1.165) is 11.1 Å². The van der Waals surface area contributed by atoms with Crippen molar-refractivity contribution in [2.24, 2.45) is 0 Å². The van der Waals surface area contributed by atoms with Crippen LogP contribution in [0.4, 0.5) is 0 Å². The molecule has 0 aliphatic heterocycles. The molecule has 0 spiro atoms. The molecular formula is C14H18N4O2S. The van der Waals surface area contributed by atoms with E-state index in [4.69, 9.17) is 0 Å². The van der Waals surface area contributed by atoms with Gasteiger partial charge in [-0.15, -0.1) is 0 Å². The summed E-state index contributed by atoms with van der Waals surface area (Å²) < 4.78 is 26.7. The quantitative estimate of drug-likeness (QED) is 0.791. The zero-order valence-corrected chi connectivity index (χ0v) is 12.6. The summed E-state index contributed by atoms with van der Waals surface area (Å²) in [6.07, 6.45) is 1.55. The first kappa shape index (κ1) is 15.6. The predicted octanol–water partition coefficient (Wildman–Crippen LogP) is 0.816. The number of nitrogens with one attached hydrogen (secondary N) is 2. The Kier molecular flexibility index (Phi) is 5.38. The van der Waals surface area contributed by atoms with Crippen LogP contribution in [0, 0.1) is 0 Å². The maximum absolute atomic E-state index is 12.1. The second-order valence-corrected chi connectivity index (χ2v) is 6.45. The monoisotopic (exact) mass is 306 g/mol. The van der Waals surface area contributed by atoms with Crippen LogP contribution in [0.2, 0.25) is 0 Å². The zero-order chi connectivity index (χ0) is 15.1. The standard InChI is InChI=1S/C14H18N4O2S/c1-15-9-12-4-2-5-13(8-12)11-21(19,20)17-10-14-6-3-7-16-18-14/h2-8,15,17H,9-11H2,1H3. The third kappa shape index (κ3) is 5.22. The highest BCUT2D eigenvalue weighted by Crippen LogP contribution is 2.09. The van der Waals surface area contributed by atoms with Crippen molar-refractivity contribution in [1.29, 1.82) is 0 Å². The summed E-state index contributed by atoms with van der Waals surface area (Å²) in [7, 11) is -1.55. The highest BCUT2D eigenvalue weighted by atomic mass is 32.2. The minimum atomic E-state index is -3.40. The molecule has 112 valence electrons. The molecule has 1 heterocycles. The van der Waals surface area contributed by atoms with Crippen LogP contribution in [0.1, 0.15) is 16.8 Å². The molecule has 2 rings (SSSR count). The Labute approximate surface area is 124 Å². The van der Waals surface area contributed by atoms with Crippen molar-refractivity contribution in [2.45, 2.75) is 18.8 Å². The maximum Gasteiger partial charge on any atom is 0.216 e. The molecule has 21 heavy (non-hydrogen) atoms. The van der Waals surface area contributed by atoms with E-state index in [-0.39, 0.29) is 12.3 Å². The Balaban J connectivity index is 1.99. The Bertz CT molecular complexity index is 674. The normalized spacial score (nSPS) is 11.5. The largest absolute Gasteiger partial charge is 0.316 e. The van der Waals surface area contributed by atoms with Gasteiger partial charge in [-0.05, 0) is 30.3 Å². The third-order valence-corrected chi connectivity index (χ3v) is 4.13. The van der Waals surface area contributed by atoms with Crippen LogP contribution in [-0.2, 0) is 28.9 Å². The lowest BCUT2D eigenvalue weighted by Crippen LogP contribution is -2.25. The molecule has 0 aliphatic carbocycles. The van der Waals surface area contributed by atoms with Crippen molar-refractivity contribution in [3.05, 3.63) is 59.4 Å². The molecule has 0 unspecified atom stereocenters. The minimum absolute atomic E-state index is 0.0508. The molecule has 0 fully saturated rings. The Hall–Kier alpha value is -1.83. The summed E-state index contributed by atoms with van der Waals surface area (Å²) >= 11 is 0. The fourth-order valence-corrected chi connectivity index (χ4v) is 3.00. The lowest BCUT2D eigenvalue weighted by atomic mass is 10.1. The molecule has 2 aromatic rings. The first-order valence-electron chi connectivity index (χ1n) is 6.55. The van der Waals surface area contributed by atoms with Gasteiger partial charge in [-0.3, -0.25) is 0 Å². The fourth-order valence-electron chi connectivity index (χ4n) is 1.92. The summed E-state index contributed by atoms with van der Waals surface area (Å²) in [6.45, 7) is 0.854. The Morgan fingerprint density at radius 1 is 1.10 bits per heavy atom. The second kappa shape index (κ2) is 7.26. The summed E-state index contributed by atoms with van der Waals surface area (Å²) in [5.74, 6) is -0.0508. The van der Waals surface area contributed by atoms with Gasteiger partial charge in [0, 0.05) is 12.7 Å². The zero-order valence-electron chi connectivity index (χ0n) is 11.8. The van der Waals surface area contributed by atoms with Crippen LogP contribution in [0.25, 0.3) is 0 Å². The van der Waals surface area contributed by atoms with Crippen molar-refractivity contribution >= 4 is 10.0 Å². The van der Waals surface area contributed by atoms with Gasteiger partial charge in [0.1, 0.15) is 0 Å². The molecule has 0 saturated carbocycles. The van der Waals surface area contributed by atoms with Gasteiger partial charge >= 0.3 is 0 Å². The van der Waals surface area contributed by atoms with Gasteiger partial charge < -0.3 is 5.32 Å². The average Bonchev–Trinajstić information content (AvgIpc) is 2.47. The van der Waals surface area contributed by atoms with E-state index in [0.29, 0.717) is 12.2 Å². The van der Waals surface area contributed by atoms with Crippen LogP contribution < -0.4 is 10.0 Å². The summed E-state index contributed by atoms with van der Waals surface area (Å²) in [5, 5.41) is 10.6. The van der Waals surface area contributed by atoms with Gasteiger partial charge in [-0.2, -0.15) is 10.2 Å². The number of aromatic nitrogens is 2. The van der Waals surface area contributed by atoms with Gasteiger partial charge in [-0.1, -0.05) is 24.3 Å². The van der Waals surface area contributed by atoms with Crippen molar-refractivity contribution < 1.29 is 8.42 Å². The lowest BCUT2D eigenvalue weighted by Gasteiger charge is -2.08. The smallest absolute Gasteiger partial charge is 0.216 e. The van der Waals surface area contributed by atoms with Crippen molar-refractivity contribution in [3.63, 3.8) is 0 Å². The molecule has 7 heteroatoms. The van der Waals surface area contributed by atoms with E-state index in [9.17, 15) is 8.42 Å². The number of nitrogens with zero attached hydrogens (tertiary/aromatic N) is 2. The molecule has 1 aromatic carbocycles. The first-order valence-corrected chi connectivity index (χ1v) is 8.20. The van der Waals surface area contributed by atoms with E-state index in [2.05, 4.69) is 20.2 Å². The molecule has 0 atom stereocenters. The molecule has 1 aromatic heterocycles. The van der Waals surface area contributed by atoms with E-state index < -0.39 is 10.0 Å². The number of hydrogen-bond donors (Lipinski definition) is 2.